The van der Waals surface area contributed by atoms with Gasteiger partial charge >= 0.3 is 0 Å². The second kappa shape index (κ2) is 4.78. The summed E-state index contributed by atoms with van der Waals surface area (Å²) in [5.41, 5.74) is 0.188. The summed E-state index contributed by atoms with van der Waals surface area (Å²) in [6, 6.07) is 7.61. The number of rotatable bonds is 3. The lowest BCUT2D eigenvalue weighted by Crippen LogP contribution is -1.90. The Labute approximate surface area is 116 Å². The van der Waals surface area contributed by atoms with Crippen molar-refractivity contribution >= 4 is 17.3 Å². The molecule has 0 bridgehead atoms. The number of furan rings is 1. The van der Waals surface area contributed by atoms with Gasteiger partial charge in [0.2, 0.25) is 5.89 Å². The summed E-state index contributed by atoms with van der Waals surface area (Å²) in [5, 5.41) is 18.5. The first kappa shape index (κ1) is 12.4. The zero-order valence-corrected chi connectivity index (χ0v) is 10.6. The molecule has 0 saturated carbocycles. The maximum atomic E-state index is 10.8. The summed E-state index contributed by atoms with van der Waals surface area (Å²) in [6.07, 6.45) is 1.48. The van der Waals surface area contributed by atoms with Gasteiger partial charge in [-0.25, -0.2) is 0 Å². The van der Waals surface area contributed by atoms with Crippen molar-refractivity contribution in [2.24, 2.45) is 0 Å². The number of nitrogens with zero attached hydrogens (tertiary/aromatic N) is 3. The Morgan fingerprint density at radius 2 is 2.00 bits per heavy atom. The van der Waals surface area contributed by atoms with E-state index in [1.165, 1.54) is 18.4 Å². The molecule has 3 rings (SSSR count). The quantitative estimate of drug-likeness (QED) is 0.541. The van der Waals surface area contributed by atoms with Crippen molar-refractivity contribution in [2.45, 2.75) is 0 Å². The van der Waals surface area contributed by atoms with Crippen molar-refractivity contribution in [1.82, 2.24) is 10.2 Å². The van der Waals surface area contributed by atoms with Gasteiger partial charge in [-0.15, -0.1) is 10.2 Å². The highest BCUT2D eigenvalue weighted by Crippen LogP contribution is 2.31. The van der Waals surface area contributed by atoms with E-state index in [1.54, 1.807) is 18.2 Å². The van der Waals surface area contributed by atoms with Crippen molar-refractivity contribution in [2.75, 3.05) is 0 Å². The molecule has 1 aromatic carbocycles. The Bertz CT molecular complexity index is 767. The van der Waals surface area contributed by atoms with Gasteiger partial charge in [0.15, 0.2) is 5.76 Å². The van der Waals surface area contributed by atoms with Crippen molar-refractivity contribution < 1.29 is 13.8 Å². The van der Waals surface area contributed by atoms with E-state index in [-0.39, 0.29) is 22.5 Å². The molecule has 0 aliphatic heterocycles. The molecule has 0 atom stereocenters. The Balaban J connectivity index is 2.02. The van der Waals surface area contributed by atoms with Crippen LogP contribution in [0, 0.1) is 10.1 Å². The molecule has 0 radical (unpaired) electrons. The number of hydrogen-bond acceptors (Lipinski definition) is 6. The molecule has 2 heterocycles. The standard InChI is InChI=1S/C12H6ClN3O4/c13-8-4-3-7(6-9(8)16(17)18)11-14-15-12(20-11)10-2-1-5-19-10/h1-6H. The first-order valence-electron chi connectivity index (χ1n) is 5.47. The zero-order valence-electron chi connectivity index (χ0n) is 9.82. The van der Waals surface area contributed by atoms with Crippen LogP contribution in [0.3, 0.4) is 0 Å². The SMILES string of the molecule is O=[N+]([O-])c1cc(-c2nnc(-c3ccco3)o2)ccc1Cl. The number of nitro benzene ring substituents is 1. The smallest absolute Gasteiger partial charge is 0.288 e. The van der Waals surface area contributed by atoms with Gasteiger partial charge in [-0.2, -0.15) is 0 Å². The topological polar surface area (TPSA) is 95.2 Å². The fourth-order valence-corrected chi connectivity index (χ4v) is 1.81. The van der Waals surface area contributed by atoms with Crippen LogP contribution in [-0.4, -0.2) is 15.1 Å². The van der Waals surface area contributed by atoms with E-state index in [0.29, 0.717) is 11.3 Å². The summed E-state index contributed by atoms with van der Waals surface area (Å²) in [7, 11) is 0. The van der Waals surface area contributed by atoms with Crippen LogP contribution >= 0.6 is 11.6 Å². The van der Waals surface area contributed by atoms with Crippen LogP contribution in [0.4, 0.5) is 5.69 Å². The maximum Gasteiger partial charge on any atom is 0.288 e. The fourth-order valence-electron chi connectivity index (χ4n) is 1.63. The lowest BCUT2D eigenvalue weighted by molar-refractivity contribution is -0.384. The highest BCUT2D eigenvalue weighted by molar-refractivity contribution is 6.32. The molecule has 0 amide bonds. The van der Waals surface area contributed by atoms with E-state index in [9.17, 15) is 10.1 Å². The van der Waals surface area contributed by atoms with Gasteiger partial charge in [0.1, 0.15) is 5.02 Å². The van der Waals surface area contributed by atoms with Gasteiger partial charge in [0.25, 0.3) is 11.6 Å². The van der Waals surface area contributed by atoms with Gasteiger partial charge in [-0.3, -0.25) is 10.1 Å². The Kier molecular flexibility index (Phi) is 2.96. The van der Waals surface area contributed by atoms with Crippen molar-refractivity contribution in [3.05, 3.63) is 51.7 Å². The highest BCUT2D eigenvalue weighted by Gasteiger charge is 2.17. The summed E-state index contributed by atoms with van der Waals surface area (Å²) in [4.78, 5) is 10.3. The maximum absolute atomic E-state index is 10.8. The minimum atomic E-state index is -0.574. The first-order chi connectivity index (χ1) is 9.65. The van der Waals surface area contributed by atoms with Crippen molar-refractivity contribution in [3.8, 4) is 23.1 Å². The van der Waals surface area contributed by atoms with Crippen molar-refractivity contribution in [3.63, 3.8) is 0 Å². The van der Waals surface area contributed by atoms with Crippen LogP contribution in [-0.2, 0) is 0 Å². The first-order valence-corrected chi connectivity index (χ1v) is 5.84. The molecule has 0 N–H and O–H groups in total. The molecule has 0 spiro atoms. The lowest BCUT2D eigenvalue weighted by Gasteiger charge is -1.97. The molecule has 20 heavy (non-hydrogen) atoms. The van der Waals surface area contributed by atoms with Crippen LogP contribution in [0.1, 0.15) is 0 Å². The third-order valence-electron chi connectivity index (χ3n) is 2.55. The van der Waals surface area contributed by atoms with Crippen LogP contribution in [0.5, 0.6) is 0 Å². The van der Waals surface area contributed by atoms with Crippen molar-refractivity contribution in [1.29, 1.82) is 0 Å². The molecule has 0 unspecified atom stereocenters. The van der Waals surface area contributed by atoms with Gasteiger partial charge in [0.05, 0.1) is 11.2 Å². The van der Waals surface area contributed by atoms with E-state index in [0.717, 1.165) is 0 Å². The second-order valence-corrected chi connectivity index (χ2v) is 4.22. The van der Waals surface area contributed by atoms with E-state index in [4.69, 9.17) is 20.4 Å². The van der Waals surface area contributed by atoms with Gasteiger partial charge < -0.3 is 8.83 Å². The largest absolute Gasteiger partial charge is 0.459 e. The van der Waals surface area contributed by atoms with E-state index in [2.05, 4.69) is 10.2 Å². The number of halogens is 1. The van der Waals surface area contributed by atoms with E-state index in [1.807, 2.05) is 0 Å². The third-order valence-corrected chi connectivity index (χ3v) is 2.87. The average molecular weight is 292 g/mol. The lowest BCUT2D eigenvalue weighted by atomic mass is 10.2. The van der Waals surface area contributed by atoms with Crippen LogP contribution < -0.4 is 0 Å². The van der Waals surface area contributed by atoms with Crippen LogP contribution in [0.15, 0.2) is 45.4 Å². The number of aromatic nitrogens is 2. The minimum Gasteiger partial charge on any atom is -0.459 e. The summed E-state index contributed by atoms with van der Waals surface area (Å²) >= 11 is 5.74. The van der Waals surface area contributed by atoms with E-state index >= 15 is 0 Å². The molecule has 0 fully saturated rings. The summed E-state index contributed by atoms with van der Waals surface area (Å²) in [5.74, 6) is 0.769. The fraction of sp³-hybridized carbons (Fsp3) is 0. The molecule has 8 heteroatoms. The van der Waals surface area contributed by atoms with Gasteiger partial charge in [-0.1, -0.05) is 11.6 Å². The summed E-state index contributed by atoms with van der Waals surface area (Å²) in [6.45, 7) is 0. The van der Waals surface area contributed by atoms with Crippen LogP contribution in [0.2, 0.25) is 5.02 Å². The molecule has 2 aromatic heterocycles. The Morgan fingerprint density at radius 1 is 1.20 bits per heavy atom. The molecule has 0 saturated heterocycles. The van der Waals surface area contributed by atoms with Gasteiger partial charge in [-0.05, 0) is 24.3 Å². The normalized spacial score (nSPS) is 10.7. The molecular formula is C12H6ClN3O4. The number of nitro groups is 1. The number of benzene rings is 1. The van der Waals surface area contributed by atoms with E-state index < -0.39 is 4.92 Å². The predicted octanol–water partition coefficient (Wildman–Crippen LogP) is 3.56. The summed E-state index contributed by atoms with van der Waals surface area (Å²) < 4.78 is 10.5. The minimum absolute atomic E-state index is 0.0459. The molecular weight excluding hydrogens is 286 g/mol. The molecule has 7 nitrogen and oxygen atoms in total. The molecule has 3 aromatic rings. The number of hydrogen-bond donors (Lipinski definition) is 0. The van der Waals surface area contributed by atoms with Crippen LogP contribution in [0.25, 0.3) is 23.1 Å². The average Bonchev–Trinajstić information content (AvgIpc) is 3.09. The molecule has 100 valence electrons. The second-order valence-electron chi connectivity index (χ2n) is 3.81. The zero-order chi connectivity index (χ0) is 14.1. The molecule has 0 aliphatic carbocycles. The highest BCUT2D eigenvalue weighted by atomic mass is 35.5. The predicted molar refractivity (Wildman–Crippen MR) is 69.1 cm³/mol. The Morgan fingerprint density at radius 3 is 2.70 bits per heavy atom. The molecule has 0 aliphatic rings. The third kappa shape index (κ3) is 2.14. The Hall–Kier alpha value is -2.67. The monoisotopic (exact) mass is 291 g/mol. The van der Waals surface area contributed by atoms with Gasteiger partial charge in [0, 0.05) is 11.6 Å².